The molecule has 174 valence electrons. The second-order valence-electron chi connectivity index (χ2n) is 9.27. The lowest BCUT2D eigenvalue weighted by molar-refractivity contribution is 0.00115. The number of hydrogen-bond donors (Lipinski definition) is 1. The first-order valence-corrected chi connectivity index (χ1v) is 12.2. The van der Waals surface area contributed by atoms with Crippen molar-refractivity contribution in [2.45, 2.75) is 64.1 Å². The molecule has 1 aromatic carbocycles. The molecule has 2 fully saturated rings. The molecule has 1 N–H and O–H groups in total. The van der Waals surface area contributed by atoms with Crippen molar-refractivity contribution in [2.75, 3.05) is 19.6 Å². The van der Waals surface area contributed by atoms with Crippen molar-refractivity contribution < 1.29 is 4.79 Å². The first-order valence-electron chi connectivity index (χ1n) is 12.2. The van der Waals surface area contributed by atoms with Crippen LogP contribution in [0.5, 0.6) is 0 Å². The summed E-state index contributed by atoms with van der Waals surface area (Å²) in [5, 5.41) is 0. The molecule has 0 spiro atoms. The van der Waals surface area contributed by atoms with Crippen LogP contribution < -0.4 is 5.69 Å². The predicted molar refractivity (Wildman–Crippen MR) is 127 cm³/mol. The predicted octanol–water partition coefficient (Wildman–Crippen LogP) is 3.36. The van der Waals surface area contributed by atoms with Crippen LogP contribution in [-0.4, -0.2) is 61.0 Å². The average Bonchev–Trinajstić information content (AvgIpc) is 3.19. The summed E-state index contributed by atoms with van der Waals surface area (Å²) in [4.78, 5) is 41.5. The maximum atomic E-state index is 13.1. The van der Waals surface area contributed by atoms with E-state index in [4.69, 9.17) is 0 Å². The highest BCUT2D eigenvalue weighted by Gasteiger charge is 2.35. The van der Waals surface area contributed by atoms with Gasteiger partial charge in [0.05, 0.1) is 22.8 Å². The van der Waals surface area contributed by atoms with Gasteiger partial charge in [0.1, 0.15) is 6.33 Å². The number of aromatic amines is 1. The third kappa shape index (κ3) is 4.31. The maximum absolute atomic E-state index is 13.1. The van der Waals surface area contributed by atoms with Crippen molar-refractivity contribution in [1.82, 2.24) is 29.3 Å². The van der Waals surface area contributed by atoms with Crippen molar-refractivity contribution in [3.05, 3.63) is 58.5 Å². The van der Waals surface area contributed by atoms with Crippen LogP contribution in [0.1, 0.15) is 67.4 Å². The van der Waals surface area contributed by atoms with Crippen LogP contribution in [-0.2, 0) is 6.42 Å². The Morgan fingerprint density at radius 1 is 1.09 bits per heavy atom. The van der Waals surface area contributed by atoms with Gasteiger partial charge in [0, 0.05) is 38.1 Å². The standard InChI is InChI=1S/C25H32N6O2/c1-2-5-18-7-8-22-21(14-18)28-25(33)31(22)20-9-12-29(13-10-20)23-6-3-4-11-30(23)24(32)19-15-26-17-27-16-19/h7-8,14-17,20,23H,2-6,9-13H2,1H3,(H,28,33). The summed E-state index contributed by atoms with van der Waals surface area (Å²) >= 11 is 0. The van der Waals surface area contributed by atoms with E-state index in [1.54, 1.807) is 12.4 Å². The summed E-state index contributed by atoms with van der Waals surface area (Å²) < 4.78 is 1.95. The second-order valence-corrected chi connectivity index (χ2v) is 9.27. The van der Waals surface area contributed by atoms with Gasteiger partial charge in [-0.2, -0.15) is 0 Å². The van der Waals surface area contributed by atoms with Gasteiger partial charge in [-0.1, -0.05) is 19.4 Å². The molecule has 2 aromatic heterocycles. The van der Waals surface area contributed by atoms with Gasteiger partial charge in [0.25, 0.3) is 5.91 Å². The Labute approximate surface area is 193 Å². The molecule has 33 heavy (non-hydrogen) atoms. The number of H-pyrrole nitrogens is 1. The molecule has 0 radical (unpaired) electrons. The number of nitrogens with one attached hydrogen (secondary N) is 1. The van der Waals surface area contributed by atoms with E-state index < -0.39 is 0 Å². The van der Waals surface area contributed by atoms with Gasteiger partial charge in [-0.05, 0) is 56.2 Å². The Morgan fingerprint density at radius 2 is 1.88 bits per heavy atom. The smallest absolute Gasteiger partial charge is 0.323 e. The zero-order valence-electron chi connectivity index (χ0n) is 19.2. The number of carbonyl (C=O) groups is 1. The van der Waals surface area contributed by atoms with Gasteiger partial charge in [-0.25, -0.2) is 14.8 Å². The molecule has 0 saturated carbocycles. The molecule has 2 aliphatic heterocycles. The Morgan fingerprint density at radius 3 is 2.64 bits per heavy atom. The lowest BCUT2D eigenvalue weighted by Crippen LogP contribution is -2.55. The molecule has 8 heteroatoms. The number of likely N-dealkylation sites (tertiary alicyclic amines) is 2. The number of rotatable bonds is 5. The number of amides is 1. The Bertz CT molecular complexity index is 1160. The van der Waals surface area contributed by atoms with Crippen LogP contribution >= 0.6 is 0 Å². The highest BCUT2D eigenvalue weighted by molar-refractivity contribution is 5.93. The highest BCUT2D eigenvalue weighted by atomic mass is 16.2. The normalized spacial score (nSPS) is 20.4. The average molecular weight is 449 g/mol. The fourth-order valence-electron chi connectivity index (χ4n) is 5.53. The van der Waals surface area contributed by atoms with Crippen LogP contribution in [0, 0.1) is 0 Å². The van der Waals surface area contributed by atoms with Gasteiger partial charge in [0.2, 0.25) is 0 Å². The van der Waals surface area contributed by atoms with E-state index >= 15 is 0 Å². The monoisotopic (exact) mass is 448 g/mol. The molecular weight excluding hydrogens is 416 g/mol. The molecule has 4 heterocycles. The van der Waals surface area contributed by atoms with Crippen LogP contribution in [0.3, 0.4) is 0 Å². The fourth-order valence-corrected chi connectivity index (χ4v) is 5.53. The number of aryl methyl sites for hydroxylation is 1. The fraction of sp³-hybridized carbons (Fsp3) is 0.520. The molecule has 3 aromatic rings. The molecule has 0 bridgehead atoms. The number of hydrogen-bond acceptors (Lipinski definition) is 5. The van der Waals surface area contributed by atoms with Crippen molar-refractivity contribution in [3.8, 4) is 0 Å². The van der Waals surface area contributed by atoms with E-state index in [1.165, 1.54) is 11.9 Å². The molecule has 2 saturated heterocycles. The Kier molecular flexibility index (Phi) is 6.26. The Hall–Kier alpha value is -3.00. The van der Waals surface area contributed by atoms with E-state index in [-0.39, 0.29) is 23.8 Å². The summed E-state index contributed by atoms with van der Waals surface area (Å²) in [5.74, 6) is 0.0122. The van der Waals surface area contributed by atoms with E-state index in [0.717, 1.165) is 75.6 Å². The number of carbonyl (C=O) groups excluding carboxylic acids is 1. The van der Waals surface area contributed by atoms with Gasteiger partial charge in [0.15, 0.2) is 0 Å². The first kappa shape index (κ1) is 21.8. The van der Waals surface area contributed by atoms with Crippen LogP contribution in [0.4, 0.5) is 0 Å². The molecule has 0 aliphatic carbocycles. The number of imidazole rings is 1. The summed E-state index contributed by atoms with van der Waals surface area (Å²) in [7, 11) is 0. The van der Waals surface area contributed by atoms with E-state index in [1.807, 2.05) is 9.47 Å². The number of aromatic nitrogens is 4. The molecule has 2 aliphatic rings. The van der Waals surface area contributed by atoms with Gasteiger partial charge >= 0.3 is 5.69 Å². The molecule has 8 nitrogen and oxygen atoms in total. The van der Waals surface area contributed by atoms with E-state index in [2.05, 4.69) is 45.0 Å². The highest BCUT2D eigenvalue weighted by Crippen LogP contribution is 2.30. The largest absolute Gasteiger partial charge is 0.326 e. The van der Waals surface area contributed by atoms with E-state index in [0.29, 0.717) is 5.56 Å². The van der Waals surface area contributed by atoms with Crippen LogP contribution in [0.2, 0.25) is 0 Å². The third-order valence-electron chi connectivity index (χ3n) is 7.14. The van der Waals surface area contributed by atoms with Crippen LogP contribution in [0.15, 0.2) is 41.7 Å². The minimum absolute atomic E-state index is 0.0122. The summed E-state index contributed by atoms with van der Waals surface area (Å²) in [6.07, 6.45) is 11.8. The molecule has 1 unspecified atom stereocenters. The number of piperidine rings is 2. The Balaban J connectivity index is 1.31. The lowest BCUT2D eigenvalue weighted by Gasteiger charge is -2.45. The SMILES string of the molecule is CCCc1ccc2c(c1)[nH]c(=O)n2C1CCN(C2CCCCN2C(=O)c2cncnc2)CC1. The summed E-state index contributed by atoms with van der Waals surface area (Å²) in [6.45, 7) is 4.68. The zero-order valence-corrected chi connectivity index (χ0v) is 19.2. The molecular formula is C25H32N6O2. The third-order valence-corrected chi connectivity index (χ3v) is 7.14. The van der Waals surface area contributed by atoms with E-state index in [9.17, 15) is 9.59 Å². The molecule has 5 rings (SSSR count). The van der Waals surface area contributed by atoms with Crippen molar-refractivity contribution in [1.29, 1.82) is 0 Å². The minimum atomic E-state index is -0.0179. The number of nitrogens with zero attached hydrogens (tertiary/aromatic N) is 5. The van der Waals surface area contributed by atoms with Crippen molar-refractivity contribution >= 4 is 16.9 Å². The summed E-state index contributed by atoms with van der Waals surface area (Å²) in [5.41, 5.74) is 3.72. The number of benzene rings is 1. The number of fused-ring (bicyclic) bond motifs is 1. The zero-order chi connectivity index (χ0) is 22.8. The minimum Gasteiger partial charge on any atom is -0.323 e. The molecule has 1 atom stereocenters. The first-order chi connectivity index (χ1) is 16.2. The second kappa shape index (κ2) is 9.47. The van der Waals surface area contributed by atoms with Crippen molar-refractivity contribution in [3.63, 3.8) is 0 Å². The van der Waals surface area contributed by atoms with Gasteiger partial charge in [-0.15, -0.1) is 0 Å². The topological polar surface area (TPSA) is 87.1 Å². The van der Waals surface area contributed by atoms with Gasteiger partial charge in [-0.3, -0.25) is 14.3 Å². The molecule has 1 amide bonds. The van der Waals surface area contributed by atoms with Gasteiger partial charge < -0.3 is 9.88 Å². The van der Waals surface area contributed by atoms with Crippen molar-refractivity contribution in [2.24, 2.45) is 0 Å². The quantitative estimate of drug-likeness (QED) is 0.647. The van der Waals surface area contributed by atoms with Crippen LogP contribution in [0.25, 0.3) is 11.0 Å². The summed E-state index contributed by atoms with van der Waals surface area (Å²) in [6, 6.07) is 6.53. The lowest BCUT2D eigenvalue weighted by atomic mass is 9.99. The maximum Gasteiger partial charge on any atom is 0.326 e.